The van der Waals surface area contributed by atoms with Crippen molar-refractivity contribution in [3.63, 3.8) is 0 Å². The number of phenols is 3. The minimum atomic E-state index is -0.216. The van der Waals surface area contributed by atoms with Crippen LogP contribution >= 0.6 is 0 Å². The number of aromatic hydroxyl groups is 3. The van der Waals surface area contributed by atoms with Gasteiger partial charge in [0.25, 0.3) is 0 Å². The molecule has 1 aromatic heterocycles. The molecule has 0 spiro atoms. The second-order valence-electron chi connectivity index (χ2n) is 3.29. The fraction of sp³-hybridized carbons (Fsp3) is 0.200. The molecule has 0 radical (unpaired) electrons. The maximum atomic E-state index is 9.75. The SMILES string of the molecule is Cc1c(O)c(O)c2c(C)c[se]c2c1O. The molecule has 0 bridgehead atoms. The first-order valence-electron chi connectivity index (χ1n) is 4.15. The van der Waals surface area contributed by atoms with Crippen LogP contribution in [0.3, 0.4) is 0 Å². The van der Waals surface area contributed by atoms with Crippen molar-refractivity contribution in [2.24, 2.45) is 0 Å². The third kappa shape index (κ3) is 1.04. The molecule has 2 aromatic rings. The molecule has 3 N–H and O–H groups in total. The molecule has 1 aromatic carbocycles. The molecule has 1 heterocycles. The molecule has 0 fully saturated rings. The van der Waals surface area contributed by atoms with E-state index in [1.807, 2.05) is 11.9 Å². The summed E-state index contributed by atoms with van der Waals surface area (Å²) in [4.78, 5) is 1.98. The third-order valence-electron chi connectivity index (χ3n) is 2.36. The molecule has 0 amide bonds. The Morgan fingerprint density at radius 3 is 2.29 bits per heavy atom. The standard InChI is InChI=1S/C10H10O3Se/c1-4-3-14-10-6(4)9(13)7(11)5(2)8(10)12/h3,11-13H,1-2H3. The molecule has 0 aliphatic heterocycles. The predicted octanol–water partition coefficient (Wildman–Crippen LogP) is 1.63. The van der Waals surface area contributed by atoms with E-state index in [0.29, 0.717) is 10.9 Å². The maximum absolute atomic E-state index is 9.75. The van der Waals surface area contributed by atoms with E-state index >= 15 is 0 Å². The molecular weight excluding hydrogens is 247 g/mol. The van der Waals surface area contributed by atoms with Crippen LogP contribution in [0.5, 0.6) is 17.2 Å². The molecule has 3 nitrogen and oxygen atoms in total. The van der Waals surface area contributed by atoms with Crippen molar-refractivity contribution < 1.29 is 15.3 Å². The molecule has 4 heteroatoms. The third-order valence-corrected chi connectivity index (χ3v) is 4.68. The van der Waals surface area contributed by atoms with Crippen molar-refractivity contribution in [2.75, 3.05) is 0 Å². The summed E-state index contributed by atoms with van der Waals surface area (Å²) in [6.45, 7) is 3.45. The molecule has 0 saturated carbocycles. The van der Waals surface area contributed by atoms with E-state index in [1.54, 1.807) is 6.92 Å². The second kappa shape index (κ2) is 2.94. The molecule has 0 aliphatic carbocycles. The summed E-state index contributed by atoms with van der Waals surface area (Å²) in [5, 5.41) is 29.6. The molecule has 14 heavy (non-hydrogen) atoms. The first kappa shape index (κ1) is 9.44. The molecule has 2 rings (SSSR count). The Hall–Kier alpha value is -1.12. The van der Waals surface area contributed by atoms with Gasteiger partial charge in [-0.3, -0.25) is 0 Å². The molecule has 0 unspecified atom stereocenters. The molecule has 0 atom stereocenters. The quantitative estimate of drug-likeness (QED) is 0.382. The van der Waals surface area contributed by atoms with Gasteiger partial charge in [0.05, 0.1) is 0 Å². The molecule has 0 aliphatic rings. The van der Waals surface area contributed by atoms with Crippen molar-refractivity contribution >= 4 is 24.1 Å². The Bertz CT molecular complexity index is 514. The molecule has 0 saturated heterocycles. The summed E-state index contributed by atoms with van der Waals surface area (Å²) in [7, 11) is 0. The summed E-state index contributed by atoms with van der Waals surface area (Å²) in [6.07, 6.45) is 0. The zero-order valence-electron chi connectivity index (χ0n) is 7.83. The molecular formula is C10H10O3Se. The topological polar surface area (TPSA) is 60.7 Å². The van der Waals surface area contributed by atoms with Crippen LogP contribution in [0.1, 0.15) is 11.1 Å². The van der Waals surface area contributed by atoms with E-state index in [0.717, 1.165) is 9.82 Å². The van der Waals surface area contributed by atoms with Gasteiger partial charge < -0.3 is 0 Å². The summed E-state index contributed by atoms with van der Waals surface area (Å²) in [5.74, 6) is -0.210. The number of benzene rings is 1. The van der Waals surface area contributed by atoms with Gasteiger partial charge >= 0.3 is 86.6 Å². The minimum absolute atomic E-state index is 0.0550. The van der Waals surface area contributed by atoms with Gasteiger partial charge in [0.15, 0.2) is 0 Å². The van der Waals surface area contributed by atoms with Crippen LogP contribution in [-0.4, -0.2) is 29.8 Å². The van der Waals surface area contributed by atoms with Gasteiger partial charge in [-0.05, 0) is 0 Å². The van der Waals surface area contributed by atoms with E-state index in [2.05, 4.69) is 0 Å². The van der Waals surface area contributed by atoms with Crippen LogP contribution < -0.4 is 0 Å². The second-order valence-corrected chi connectivity index (χ2v) is 5.14. The van der Waals surface area contributed by atoms with Crippen molar-refractivity contribution in [3.8, 4) is 17.2 Å². The van der Waals surface area contributed by atoms with Gasteiger partial charge in [-0.2, -0.15) is 0 Å². The fourth-order valence-electron chi connectivity index (χ4n) is 1.49. The molecule has 74 valence electrons. The summed E-state index contributed by atoms with van der Waals surface area (Å²) >= 11 is 0.0550. The van der Waals surface area contributed by atoms with Gasteiger partial charge in [-0.25, -0.2) is 0 Å². The van der Waals surface area contributed by atoms with Gasteiger partial charge in [0.2, 0.25) is 0 Å². The Balaban J connectivity index is 3.05. The van der Waals surface area contributed by atoms with E-state index < -0.39 is 0 Å². The number of hydrogen-bond acceptors (Lipinski definition) is 3. The van der Waals surface area contributed by atoms with Crippen LogP contribution in [0, 0.1) is 13.8 Å². The summed E-state index contributed by atoms with van der Waals surface area (Å²) in [6, 6.07) is 0. The summed E-state index contributed by atoms with van der Waals surface area (Å²) in [5.41, 5.74) is 1.27. The van der Waals surface area contributed by atoms with Crippen molar-refractivity contribution in [1.29, 1.82) is 0 Å². The number of hydrogen-bond donors (Lipinski definition) is 3. The Morgan fingerprint density at radius 2 is 1.64 bits per heavy atom. The van der Waals surface area contributed by atoms with E-state index in [-0.39, 0.29) is 31.8 Å². The normalized spacial score (nSPS) is 11.0. The van der Waals surface area contributed by atoms with Crippen molar-refractivity contribution in [3.05, 3.63) is 16.1 Å². The Morgan fingerprint density at radius 1 is 1.00 bits per heavy atom. The van der Waals surface area contributed by atoms with Gasteiger partial charge in [-0.15, -0.1) is 0 Å². The first-order valence-corrected chi connectivity index (χ1v) is 5.99. The Labute approximate surface area is 87.0 Å². The van der Waals surface area contributed by atoms with Crippen LogP contribution in [0.2, 0.25) is 0 Å². The van der Waals surface area contributed by atoms with Crippen molar-refractivity contribution in [2.45, 2.75) is 13.8 Å². The van der Waals surface area contributed by atoms with Crippen LogP contribution in [0.15, 0.2) is 4.94 Å². The number of fused-ring (bicyclic) bond motifs is 1. The number of aryl methyl sites for hydroxylation is 1. The first-order chi connectivity index (χ1) is 6.54. The van der Waals surface area contributed by atoms with Gasteiger partial charge in [0.1, 0.15) is 0 Å². The fourth-order valence-corrected chi connectivity index (χ4v) is 3.70. The monoisotopic (exact) mass is 258 g/mol. The van der Waals surface area contributed by atoms with E-state index in [1.165, 1.54) is 0 Å². The number of phenolic OH excluding ortho intramolecular Hbond substituents is 3. The summed E-state index contributed by atoms with van der Waals surface area (Å²) < 4.78 is 0.766. The Kier molecular flexibility index (Phi) is 1.98. The average Bonchev–Trinajstić information content (AvgIpc) is 2.54. The van der Waals surface area contributed by atoms with E-state index in [4.69, 9.17) is 0 Å². The van der Waals surface area contributed by atoms with Gasteiger partial charge in [-0.1, -0.05) is 0 Å². The zero-order valence-corrected chi connectivity index (χ0v) is 9.54. The van der Waals surface area contributed by atoms with E-state index in [9.17, 15) is 15.3 Å². The average molecular weight is 257 g/mol. The van der Waals surface area contributed by atoms with Crippen LogP contribution in [0.25, 0.3) is 9.65 Å². The van der Waals surface area contributed by atoms with Gasteiger partial charge in [0, 0.05) is 0 Å². The van der Waals surface area contributed by atoms with Crippen molar-refractivity contribution in [1.82, 2.24) is 0 Å². The van der Waals surface area contributed by atoms with Crippen LogP contribution in [0.4, 0.5) is 0 Å². The number of rotatable bonds is 0. The zero-order chi connectivity index (χ0) is 10.5. The predicted molar refractivity (Wildman–Crippen MR) is 55.4 cm³/mol. The van der Waals surface area contributed by atoms with Crippen LogP contribution in [-0.2, 0) is 0 Å².